The third-order valence-electron chi connectivity index (χ3n) is 3.21. The lowest BCUT2D eigenvalue weighted by Crippen LogP contribution is -2.16. The van der Waals surface area contributed by atoms with Gasteiger partial charge < -0.3 is 14.8 Å². The first-order valence-corrected chi connectivity index (χ1v) is 9.21. The molecule has 0 radical (unpaired) electrons. The van der Waals surface area contributed by atoms with Crippen LogP contribution in [0.3, 0.4) is 0 Å². The highest BCUT2D eigenvalue weighted by molar-refractivity contribution is 7.92. The van der Waals surface area contributed by atoms with Gasteiger partial charge in [-0.15, -0.1) is 0 Å². The van der Waals surface area contributed by atoms with Gasteiger partial charge in [0.2, 0.25) is 5.91 Å². The number of ether oxygens (including phenoxy) is 2. The molecule has 0 aromatic heterocycles. The fourth-order valence-corrected chi connectivity index (χ4v) is 3.46. The first kappa shape index (κ1) is 20.7. The molecule has 0 heterocycles. The number of hydrogen-bond acceptors (Lipinski definition) is 5. The Kier molecular flexibility index (Phi) is 6.45. The maximum Gasteiger partial charge on any atom is 0.387 e. The monoisotopic (exact) mass is 420 g/mol. The van der Waals surface area contributed by atoms with Crippen LogP contribution in [0.25, 0.3) is 0 Å². The number of alkyl halides is 2. The van der Waals surface area contributed by atoms with Crippen LogP contribution in [-0.2, 0) is 14.8 Å². The van der Waals surface area contributed by atoms with Crippen LogP contribution in [0.15, 0.2) is 41.3 Å². The van der Waals surface area contributed by atoms with E-state index in [9.17, 15) is 22.0 Å². The van der Waals surface area contributed by atoms with Crippen molar-refractivity contribution in [3.05, 3.63) is 41.4 Å². The van der Waals surface area contributed by atoms with Crippen LogP contribution in [0.4, 0.5) is 20.2 Å². The van der Waals surface area contributed by atoms with Crippen molar-refractivity contribution in [3.63, 3.8) is 0 Å². The molecular formula is C16H15ClF2N2O5S. The zero-order valence-electron chi connectivity index (χ0n) is 14.1. The van der Waals surface area contributed by atoms with Crippen molar-refractivity contribution in [2.24, 2.45) is 0 Å². The molecule has 11 heteroatoms. The van der Waals surface area contributed by atoms with Gasteiger partial charge in [0.15, 0.2) is 0 Å². The van der Waals surface area contributed by atoms with E-state index in [1.165, 1.54) is 32.2 Å². The molecule has 0 aliphatic rings. The van der Waals surface area contributed by atoms with Gasteiger partial charge in [-0.05, 0) is 30.3 Å². The number of carbonyl (C=O) groups excluding carboxylic acids is 1. The van der Waals surface area contributed by atoms with Gasteiger partial charge in [-0.25, -0.2) is 8.42 Å². The van der Waals surface area contributed by atoms with Crippen molar-refractivity contribution in [2.45, 2.75) is 18.4 Å². The molecule has 2 aromatic rings. The molecule has 2 rings (SSSR count). The third-order valence-corrected chi connectivity index (χ3v) is 4.87. The summed E-state index contributed by atoms with van der Waals surface area (Å²) in [4.78, 5) is 11.0. The third kappa shape index (κ3) is 5.44. The summed E-state index contributed by atoms with van der Waals surface area (Å²) in [6, 6.07) is 7.42. The van der Waals surface area contributed by atoms with E-state index in [0.29, 0.717) is 5.75 Å². The molecule has 0 fully saturated rings. The van der Waals surface area contributed by atoms with Crippen LogP contribution in [0, 0.1) is 0 Å². The topological polar surface area (TPSA) is 93.7 Å². The van der Waals surface area contributed by atoms with Crippen molar-refractivity contribution < 1.29 is 31.5 Å². The van der Waals surface area contributed by atoms with E-state index in [0.717, 1.165) is 18.2 Å². The SMILES string of the molecule is COc1ccc(NC(C)=O)c(NS(=O)(=O)c2ccc(OC(F)F)c(Cl)c2)c1. The zero-order chi connectivity index (χ0) is 20.2. The molecule has 0 saturated heterocycles. The predicted molar refractivity (Wildman–Crippen MR) is 96.2 cm³/mol. The number of benzene rings is 2. The normalized spacial score (nSPS) is 11.2. The van der Waals surface area contributed by atoms with Gasteiger partial charge >= 0.3 is 6.61 Å². The minimum absolute atomic E-state index is 0.0496. The predicted octanol–water partition coefficient (Wildman–Crippen LogP) is 3.71. The van der Waals surface area contributed by atoms with Crippen LogP contribution in [0.1, 0.15) is 6.92 Å². The summed E-state index contributed by atoms with van der Waals surface area (Å²) in [5.41, 5.74) is 0.254. The van der Waals surface area contributed by atoms with Crippen molar-refractivity contribution in [2.75, 3.05) is 17.1 Å². The Bertz CT molecular complexity index is 954. The van der Waals surface area contributed by atoms with E-state index >= 15 is 0 Å². The number of carbonyl (C=O) groups is 1. The first-order chi connectivity index (χ1) is 12.6. The van der Waals surface area contributed by atoms with Gasteiger partial charge in [0.1, 0.15) is 11.5 Å². The number of nitrogens with one attached hydrogen (secondary N) is 2. The largest absolute Gasteiger partial charge is 0.497 e. The molecule has 0 bridgehead atoms. The summed E-state index contributed by atoms with van der Waals surface area (Å²) in [7, 11) is -2.75. The smallest absolute Gasteiger partial charge is 0.387 e. The van der Waals surface area contributed by atoms with Gasteiger partial charge in [0, 0.05) is 13.0 Å². The lowest BCUT2D eigenvalue weighted by molar-refractivity contribution is -0.114. The molecule has 1 amide bonds. The van der Waals surface area contributed by atoms with Crippen LogP contribution < -0.4 is 19.5 Å². The molecule has 0 atom stereocenters. The number of hydrogen-bond donors (Lipinski definition) is 2. The van der Waals surface area contributed by atoms with E-state index in [1.54, 1.807) is 0 Å². The molecule has 0 aliphatic carbocycles. The number of rotatable bonds is 7. The van der Waals surface area contributed by atoms with Crippen LogP contribution in [0.5, 0.6) is 11.5 Å². The number of methoxy groups -OCH3 is 1. The Morgan fingerprint density at radius 2 is 1.85 bits per heavy atom. The minimum atomic E-state index is -4.15. The van der Waals surface area contributed by atoms with E-state index in [1.807, 2.05) is 0 Å². The first-order valence-electron chi connectivity index (χ1n) is 7.35. The molecule has 0 saturated carbocycles. The number of anilines is 2. The van der Waals surface area contributed by atoms with Gasteiger partial charge in [0.25, 0.3) is 10.0 Å². The fraction of sp³-hybridized carbons (Fsp3) is 0.188. The van der Waals surface area contributed by atoms with Crippen molar-refractivity contribution in [1.82, 2.24) is 0 Å². The summed E-state index contributed by atoms with van der Waals surface area (Å²) in [6.45, 7) is -1.83. The number of halogens is 3. The molecule has 0 unspecified atom stereocenters. The zero-order valence-corrected chi connectivity index (χ0v) is 15.7. The van der Waals surface area contributed by atoms with Crippen LogP contribution >= 0.6 is 11.6 Å². The molecule has 0 aliphatic heterocycles. The van der Waals surface area contributed by atoms with Crippen LogP contribution in [-0.4, -0.2) is 28.0 Å². The Hall–Kier alpha value is -2.59. The highest BCUT2D eigenvalue weighted by Crippen LogP contribution is 2.32. The summed E-state index contributed by atoms with van der Waals surface area (Å²) in [6.07, 6.45) is 0. The number of amides is 1. The maximum absolute atomic E-state index is 12.6. The summed E-state index contributed by atoms with van der Waals surface area (Å²) in [5, 5.41) is 2.19. The molecular weight excluding hydrogens is 406 g/mol. The van der Waals surface area contributed by atoms with Crippen LogP contribution in [0.2, 0.25) is 5.02 Å². The maximum atomic E-state index is 12.6. The highest BCUT2D eigenvalue weighted by Gasteiger charge is 2.20. The summed E-state index contributed by atoms with van der Waals surface area (Å²) in [5.74, 6) is -0.413. The lowest BCUT2D eigenvalue weighted by atomic mass is 10.2. The fourth-order valence-electron chi connectivity index (χ4n) is 2.08. The Balaban J connectivity index is 2.38. The van der Waals surface area contributed by atoms with E-state index < -0.39 is 22.5 Å². The second kappa shape index (κ2) is 8.40. The second-order valence-corrected chi connectivity index (χ2v) is 7.26. The van der Waals surface area contributed by atoms with Crippen molar-refractivity contribution in [1.29, 1.82) is 0 Å². The molecule has 0 spiro atoms. The Morgan fingerprint density at radius 1 is 1.15 bits per heavy atom. The van der Waals surface area contributed by atoms with Gasteiger partial charge in [0.05, 0.1) is 28.4 Å². The van der Waals surface area contributed by atoms with Gasteiger partial charge in [-0.2, -0.15) is 8.78 Å². The van der Waals surface area contributed by atoms with Gasteiger partial charge in [-0.3, -0.25) is 9.52 Å². The Labute approximate surface area is 159 Å². The molecule has 2 aromatic carbocycles. The number of sulfonamides is 1. The van der Waals surface area contributed by atoms with E-state index in [2.05, 4.69) is 14.8 Å². The Morgan fingerprint density at radius 3 is 2.41 bits per heavy atom. The highest BCUT2D eigenvalue weighted by atomic mass is 35.5. The quantitative estimate of drug-likeness (QED) is 0.712. The second-order valence-electron chi connectivity index (χ2n) is 5.17. The summed E-state index contributed by atoms with van der Waals surface area (Å²) < 4.78 is 61.3. The average Bonchev–Trinajstić information content (AvgIpc) is 2.57. The molecule has 2 N–H and O–H groups in total. The van der Waals surface area contributed by atoms with Crippen molar-refractivity contribution >= 4 is 38.9 Å². The molecule has 146 valence electrons. The lowest BCUT2D eigenvalue weighted by Gasteiger charge is -2.15. The van der Waals surface area contributed by atoms with Crippen molar-refractivity contribution in [3.8, 4) is 11.5 Å². The molecule has 27 heavy (non-hydrogen) atoms. The molecule has 7 nitrogen and oxygen atoms in total. The summed E-state index contributed by atoms with van der Waals surface area (Å²) >= 11 is 5.80. The van der Waals surface area contributed by atoms with Gasteiger partial charge in [-0.1, -0.05) is 11.6 Å². The van der Waals surface area contributed by atoms with E-state index in [4.69, 9.17) is 16.3 Å². The van der Waals surface area contributed by atoms with E-state index in [-0.39, 0.29) is 27.0 Å². The standard InChI is InChI=1S/C16H15ClF2N2O5S/c1-9(22)20-13-5-3-10(25-2)7-14(13)21-27(23,24)11-4-6-15(12(17)8-11)26-16(18)19/h3-8,16,21H,1-2H3,(H,20,22). The average molecular weight is 421 g/mol. The minimum Gasteiger partial charge on any atom is -0.497 e.